The van der Waals surface area contributed by atoms with Crippen LogP contribution in [0.25, 0.3) is 0 Å². The zero-order valence-corrected chi connectivity index (χ0v) is 19.6. The van der Waals surface area contributed by atoms with Crippen molar-refractivity contribution in [1.29, 1.82) is 0 Å². The molecule has 1 aromatic carbocycles. The molecule has 1 saturated heterocycles. The molecule has 1 heterocycles. The zero-order chi connectivity index (χ0) is 22.2. The maximum absolute atomic E-state index is 13.1. The van der Waals surface area contributed by atoms with E-state index in [1.54, 1.807) is 0 Å². The first-order valence-corrected chi connectivity index (χ1v) is 12.3. The largest absolute Gasteiger partial charge is 0.351 e. The maximum atomic E-state index is 13.1. The number of nitrogens with zero attached hydrogens (tertiary/aromatic N) is 1. The third kappa shape index (κ3) is 7.06. The fourth-order valence-corrected chi connectivity index (χ4v) is 4.86. The van der Waals surface area contributed by atoms with Crippen LogP contribution in [0.2, 0.25) is 0 Å². The summed E-state index contributed by atoms with van der Waals surface area (Å²) in [6.45, 7) is 9.35. The number of rotatable bonds is 8. The summed E-state index contributed by atoms with van der Waals surface area (Å²) in [4.78, 5) is 28.4. The van der Waals surface area contributed by atoms with Gasteiger partial charge in [0, 0.05) is 31.6 Å². The topological polar surface area (TPSA) is 61.4 Å². The predicted octanol–water partition coefficient (Wildman–Crippen LogP) is 4.12. The molecule has 0 aromatic heterocycles. The maximum Gasteiger partial charge on any atom is 0.243 e. The Kier molecular flexibility index (Phi) is 8.94. The highest BCUT2D eigenvalue weighted by atomic mass is 16.2. The molecule has 1 aliphatic heterocycles. The summed E-state index contributed by atoms with van der Waals surface area (Å²) in [6, 6.07) is 10.3. The molecule has 5 nitrogen and oxygen atoms in total. The minimum atomic E-state index is -0.431. The number of carbonyl (C=O) groups excluding carboxylic acids is 2. The molecule has 31 heavy (non-hydrogen) atoms. The summed E-state index contributed by atoms with van der Waals surface area (Å²) in [5, 5.41) is 6.38. The normalized spacial score (nSPS) is 24.9. The Labute approximate surface area is 188 Å². The number of likely N-dealkylation sites (tertiary alicyclic amines) is 1. The molecule has 3 rings (SSSR count). The molecule has 2 aliphatic rings. The van der Waals surface area contributed by atoms with E-state index >= 15 is 0 Å². The quantitative estimate of drug-likeness (QED) is 0.656. The Bertz CT molecular complexity index is 692. The lowest BCUT2D eigenvalue weighted by molar-refractivity contribution is -0.133. The van der Waals surface area contributed by atoms with Crippen LogP contribution in [0.3, 0.4) is 0 Å². The summed E-state index contributed by atoms with van der Waals surface area (Å²) in [5.74, 6) is 0.977. The average molecular weight is 428 g/mol. The van der Waals surface area contributed by atoms with E-state index in [0.717, 1.165) is 64.6 Å². The molecule has 0 bridgehead atoms. The number of hydrogen-bond donors (Lipinski definition) is 2. The van der Waals surface area contributed by atoms with Gasteiger partial charge in [-0.15, -0.1) is 0 Å². The lowest BCUT2D eigenvalue weighted by atomic mass is 9.82. The van der Waals surface area contributed by atoms with Gasteiger partial charge in [0.05, 0.1) is 0 Å². The summed E-state index contributed by atoms with van der Waals surface area (Å²) in [7, 11) is 0. The van der Waals surface area contributed by atoms with Crippen molar-refractivity contribution in [3.05, 3.63) is 35.9 Å². The second-order valence-corrected chi connectivity index (χ2v) is 9.87. The van der Waals surface area contributed by atoms with Crippen molar-refractivity contribution in [1.82, 2.24) is 15.5 Å². The van der Waals surface area contributed by atoms with Crippen molar-refractivity contribution in [2.75, 3.05) is 13.1 Å². The zero-order valence-electron chi connectivity index (χ0n) is 19.6. The van der Waals surface area contributed by atoms with E-state index in [1.165, 1.54) is 5.56 Å². The molecule has 5 heteroatoms. The van der Waals surface area contributed by atoms with Gasteiger partial charge in [-0.3, -0.25) is 14.5 Å². The summed E-state index contributed by atoms with van der Waals surface area (Å²) in [5.41, 5.74) is 1.33. The second kappa shape index (κ2) is 11.7. The van der Waals surface area contributed by atoms with Gasteiger partial charge < -0.3 is 10.6 Å². The lowest BCUT2D eigenvalue weighted by Crippen LogP contribution is -2.55. The number of hydrogen-bond acceptors (Lipinski definition) is 3. The highest BCUT2D eigenvalue weighted by molar-refractivity contribution is 5.88. The monoisotopic (exact) mass is 427 g/mol. The first-order valence-electron chi connectivity index (χ1n) is 12.3. The third-order valence-corrected chi connectivity index (χ3v) is 7.36. The summed E-state index contributed by atoms with van der Waals surface area (Å²) in [6.07, 6.45) is 6.90. The molecule has 1 saturated carbocycles. The van der Waals surface area contributed by atoms with Gasteiger partial charge in [-0.05, 0) is 55.9 Å². The fraction of sp³-hybridized carbons (Fsp3) is 0.692. The molecule has 2 fully saturated rings. The van der Waals surface area contributed by atoms with E-state index in [9.17, 15) is 9.59 Å². The van der Waals surface area contributed by atoms with Crippen LogP contribution in [0, 0.1) is 17.8 Å². The van der Waals surface area contributed by atoms with E-state index in [2.05, 4.69) is 60.6 Å². The Hall–Kier alpha value is -1.88. The van der Waals surface area contributed by atoms with Gasteiger partial charge in [0.1, 0.15) is 6.04 Å². The van der Waals surface area contributed by atoms with Crippen LogP contribution in [0.15, 0.2) is 30.3 Å². The summed E-state index contributed by atoms with van der Waals surface area (Å²) < 4.78 is 0. The molecule has 1 aliphatic carbocycles. The van der Waals surface area contributed by atoms with Crippen LogP contribution in [-0.2, 0) is 16.1 Å². The third-order valence-electron chi connectivity index (χ3n) is 7.36. The Morgan fingerprint density at radius 3 is 2.29 bits per heavy atom. The first kappa shape index (κ1) is 23.8. The molecule has 2 atom stereocenters. The minimum Gasteiger partial charge on any atom is -0.351 e. The summed E-state index contributed by atoms with van der Waals surface area (Å²) >= 11 is 0. The van der Waals surface area contributed by atoms with Crippen LogP contribution in [-0.4, -0.2) is 41.9 Å². The Balaban J connectivity index is 1.48. The predicted molar refractivity (Wildman–Crippen MR) is 125 cm³/mol. The molecular weight excluding hydrogens is 386 g/mol. The number of amides is 2. The minimum absolute atomic E-state index is 0.00612. The molecule has 2 N–H and O–H groups in total. The number of carbonyl (C=O) groups is 2. The van der Waals surface area contributed by atoms with E-state index in [1.807, 2.05) is 6.07 Å². The van der Waals surface area contributed by atoms with E-state index in [-0.39, 0.29) is 29.7 Å². The van der Waals surface area contributed by atoms with Crippen molar-refractivity contribution >= 4 is 11.8 Å². The smallest absolute Gasteiger partial charge is 0.243 e. The van der Waals surface area contributed by atoms with Gasteiger partial charge in [-0.2, -0.15) is 0 Å². The van der Waals surface area contributed by atoms with Crippen molar-refractivity contribution in [3.63, 3.8) is 0 Å². The van der Waals surface area contributed by atoms with Gasteiger partial charge in [0.2, 0.25) is 11.8 Å². The van der Waals surface area contributed by atoms with Crippen LogP contribution < -0.4 is 10.6 Å². The highest BCUT2D eigenvalue weighted by Gasteiger charge is 2.32. The first-order chi connectivity index (χ1) is 15.0. The molecule has 0 unspecified atom stereocenters. The highest BCUT2D eigenvalue weighted by Crippen LogP contribution is 2.28. The number of piperidine rings is 1. The van der Waals surface area contributed by atoms with E-state index in [0.29, 0.717) is 5.92 Å². The molecular formula is C26H41N3O2. The number of nitrogens with one attached hydrogen (secondary N) is 2. The average Bonchev–Trinajstić information content (AvgIpc) is 2.79. The van der Waals surface area contributed by atoms with Crippen molar-refractivity contribution in [3.8, 4) is 0 Å². The number of benzene rings is 1. The van der Waals surface area contributed by atoms with Crippen LogP contribution in [0.4, 0.5) is 0 Å². The van der Waals surface area contributed by atoms with Crippen LogP contribution >= 0.6 is 0 Å². The van der Waals surface area contributed by atoms with Gasteiger partial charge in [-0.25, -0.2) is 0 Å². The SMILES string of the molecule is CC[C@@H](C)[C@@H](NC(=O)C1CCC(C)CC1)C(=O)NC1CCN(Cc2ccccc2)CC1. The van der Waals surface area contributed by atoms with Crippen LogP contribution in [0.1, 0.15) is 71.3 Å². The van der Waals surface area contributed by atoms with Gasteiger partial charge in [0.15, 0.2) is 0 Å². The van der Waals surface area contributed by atoms with Gasteiger partial charge in [-0.1, -0.05) is 57.5 Å². The fourth-order valence-electron chi connectivity index (χ4n) is 4.86. The van der Waals surface area contributed by atoms with Crippen molar-refractivity contribution in [2.24, 2.45) is 17.8 Å². The van der Waals surface area contributed by atoms with E-state index < -0.39 is 6.04 Å². The standard InChI is InChI=1S/C26H41N3O2/c1-4-20(3)24(28-25(30)22-12-10-19(2)11-13-22)26(31)27-23-14-16-29(17-15-23)18-21-8-6-5-7-9-21/h5-9,19-20,22-24H,4,10-18H2,1-3H3,(H,27,31)(H,28,30)/t19?,20-,22?,24-/m1/s1. The van der Waals surface area contributed by atoms with E-state index in [4.69, 9.17) is 0 Å². The second-order valence-electron chi connectivity index (χ2n) is 9.87. The lowest BCUT2D eigenvalue weighted by Gasteiger charge is -2.34. The Morgan fingerprint density at radius 1 is 1.03 bits per heavy atom. The van der Waals surface area contributed by atoms with Gasteiger partial charge >= 0.3 is 0 Å². The molecule has 0 radical (unpaired) electrons. The van der Waals surface area contributed by atoms with Gasteiger partial charge in [0.25, 0.3) is 0 Å². The Morgan fingerprint density at radius 2 is 1.68 bits per heavy atom. The molecule has 172 valence electrons. The van der Waals surface area contributed by atoms with Crippen molar-refractivity contribution in [2.45, 2.75) is 84.3 Å². The molecule has 1 aromatic rings. The van der Waals surface area contributed by atoms with Crippen LogP contribution in [0.5, 0.6) is 0 Å². The molecule has 0 spiro atoms. The molecule has 2 amide bonds. The van der Waals surface area contributed by atoms with Crippen molar-refractivity contribution < 1.29 is 9.59 Å².